The molecule has 0 bridgehead atoms. The second-order valence-corrected chi connectivity index (χ2v) is 3.74. The van der Waals surface area contributed by atoms with E-state index in [1.54, 1.807) is 0 Å². The van der Waals surface area contributed by atoms with Gasteiger partial charge in [-0.05, 0) is 18.6 Å². The standard InChI is InChI=1S/C12H14N2O/c13-8-12(10-6-7-15-9-10)14-11-4-2-1-3-5-11/h1-5,10,12,14H,6-7,9H2. The molecule has 1 aliphatic rings. The topological polar surface area (TPSA) is 45.0 Å². The highest BCUT2D eigenvalue weighted by Crippen LogP contribution is 2.19. The quantitative estimate of drug-likeness (QED) is 0.815. The smallest absolute Gasteiger partial charge is 0.119 e. The maximum absolute atomic E-state index is 9.08. The molecule has 0 amide bonds. The van der Waals surface area contributed by atoms with E-state index in [-0.39, 0.29) is 6.04 Å². The summed E-state index contributed by atoms with van der Waals surface area (Å²) >= 11 is 0. The third-order valence-corrected chi connectivity index (χ3v) is 2.67. The van der Waals surface area contributed by atoms with E-state index < -0.39 is 0 Å². The Labute approximate surface area is 89.7 Å². The summed E-state index contributed by atoms with van der Waals surface area (Å²) in [6.07, 6.45) is 0.970. The lowest BCUT2D eigenvalue weighted by molar-refractivity contribution is 0.185. The average Bonchev–Trinajstić information content (AvgIpc) is 2.81. The van der Waals surface area contributed by atoms with Crippen LogP contribution in [0.5, 0.6) is 0 Å². The minimum Gasteiger partial charge on any atom is -0.381 e. The van der Waals surface area contributed by atoms with Crippen LogP contribution in [0.1, 0.15) is 6.42 Å². The minimum atomic E-state index is -0.144. The molecule has 1 heterocycles. The van der Waals surface area contributed by atoms with Crippen LogP contribution < -0.4 is 5.32 Å². The predicted molar refractivity (Wildman–Crippen MR) is 58.4 cm³/mol. The number of hydrogen-bond donors (Lipinski definition) is 1. The molecular weight excluding hydrogens is 188 g/mol. The highest BCUT2D eigenvalue weighted by atomic mass is 16.5. The van der Waals surface area contributed by atoms with Gasteiger partial charge >= 0.3 is 0 Å². The molecular formula is C12H14N2O. The normalized spacial score (nSPS) is 21.9. The predicted octanol–water partition coefficient (Wildman–Crippen LogP) is 2.03. The van der Waals surface area contributed by atoms with Crippen LogP contribution in [0.4, 0.5) is 5.69 Å². The molecule has 1 fully saturated rings. The van der Waals surface area contributed by atoms with Crippen molar-refractivity contribution in [2.75, 3.05) is 18.5 Å². The van der Waals surface area contributed by atoms with Gasteiger partial charge in [-0.25, -0.2) is 0 Å². The molecule has 2 unspecified atom stereocenters. The number of para-hydroxylation sites is 1. The lowest BCUT2D eigenvalue weighted by Crippen LogP contribution is -2.27. The Balaban J connectivity index is 2.00. The Kier molecular flexibility index (Phi) is 3.21. The second kappa shape index (κ2) is 4.81. The van der Waals surface area contributed by atoms with Gasteiger partial charge in [-0.3, -0.25) is 0 Å². The third kappa shape index (κ3) is 2.48. The van der Waals surface area contributed by atoms with E-state index >= 15 is 0 Å². The van der Waals surface area contributed by atoms with Crippen LogP contribution in [0.25, 0.3) is 0 Å². The largest absolute Gasteiger partial charge is 0.381 e. The van der Waals surface area contributed by atoms with Crippen molar-refractivity contribution in [2.45, 2.75) is 12.5 Å². The number of benzene rings is 1. The number of nitrogens with zero attached hydrogens (tertiary/aromatic N) is 1. The van der Waals surface area contributed by atoms with Crippen molar-refractivity contribution in [3.63, 3.8) is 0 Å². The second-order valence-electron chi connectivity index (χ2n) is 3.74. The number of hydrogen-bond acceptors (Lipinski definition) is 3. The number of anilines is 1. The molecule has 15 heavy (non-hydrogen) atoms. The molecule has 3 heteroatoms. The van der Waals surface area contributed by atoms with E-state index in [2.05, 4.69) is 11.4 Å². The number of rotatable bonds is 3. The zero-order valence-electron chi connectivity index (χ0n) is 8.52. The molecule has 0 radical (unpaired) electrons. The first-order valence-electron chi connectivity index (χ1n) is 5.19. The Morgan fingerprint density at radius 2 is 2.20 bits per heavy atom. The van der Waals surface area contributed by atoms with E-state index in [1.807, 2.05) is 30.3 Å². The van der Waals surface area contributed by atoms with Crippen molar-refractivity contribution in [3.8, 4) is 6.07 Å². The zero-order valence-corrected chi connectivity index (χ0v) is 8.52. The maximum Gasteiger partial charge on any atom is 0.119 e. The van der Waals surface area contributed by atoms with Crippen LogP contribution in [0.2, 0.25) is 0 Å². The summed E-state index contributed by atoms with van der Waals surface area (Å²) in [5.74, 6) is 0.315. The van der Waals surface area contributed by atoms with Crippen LogP contribution in [0.15, 0.2) is 30.3 Å². The molecule has 0 saturated carbocycles. The van der Waals surface area contributed by atoms with E-state index in [0.29, 0.717) is 12.5 Å². The van der Waals surface area contributed by atoms with Gasteiger partial charge in [-0.15, -0.1) is 0 Å². The molecule has 2 rings (SSSR count). The molecule has 0 aliphatic carbocycles. The highest BCUT2D eigenvalue weighted by molar-refractivity contribution is 5.45. The van der Waals surface area contributed by atoms with Crippen LogP contribution in [0, 0.1) is 17.2 Å². The van der Waals surface area contributed by atoms with Crippen LogP contribution in [0.3, 0.4) is 0 Å². The highest BCUT2D eigenvalue weighted by Gasteiger charge is 2.25. The van der Waals surface area contributed by atoms with Crippen molar-refractivity contribution in [3.05, 3.63) is 30.3 Å². The SMILES string of the molecule is N#CC(Nc1ccccc1)C1CCOC1. The van der Waals surface area contributed by atoms with Crippen molar-refractivity contribution < 1.29 is 4.74 Å². The average molecular weight is 202 g/mol. The van der Waals surface area contributed by atoms with E-state index in [1.165, 1.54) is 0 Å². The Morgan fingerprint density at radius 3 is 2.80 bits per heavy atom. The number of nitrogens with one attached hydrogen (secondary N) is 1. The molecule has 2 atom stereocenters. The number of ether oxygens (including phenoxy) is 1. The first-order chi connectivity index (χ1) is 7.40. The van der Waals surface area contributed by atoms with Crippen LogP contribution >= 0.6 is 0 Å². The first-order valence-corrected chi connectivity index (χ1v) is 5.19. The molecule has 3 nitrogen and oxygen atoms in total. The molecule has 1 aromatic carbocycles. The first kappa shape index (κ1) is 10.0. The summed E-state index contributed by atoms with van der Waals surface area (Å²) in [7, 11) is 0. The molecule has 1 aromatic rings. The van der Waals surface area contributed by atoms with Gasteiger partial charge in [0, 0.05) is 18.2 Å². The monoisotopic (exact) mass is 202 g/mol. The fourth-order valence-corrected chi connectivity index (χ4v) is 1.79. The van der Waals surface area contributed by atoms with Gasteiger partial charge in [0.15, 0.2) is 0 Å². The van der Waals surface area contributed by atoms with Crippen LogP contribution in [-0.2, 0) is 4.74 Å². The van der Waals surface area contributed by atoms with Gasteiger partial charge in [0.05, 0.1) is 12.7 Å². The fourth-order valence-electron chi connectivity index (χ4n) is 1.79. The summed E-state index contributed by atoms with van der Waals surface area (Å²) in [6, 6.07) is 12.0. The molecule has 1 saturated heterocycles. The molecule has 0 aromatic heterocycles. The van der Waals surface area contributed by atoms with Gasteiger partial charge < -0.3 is 10.1 Å². The number of nitriles is 1. The third-order valence-electron chi connectivity index (χ3n) is 2.67. The lowest BCUT2D eigenvalue weighted by atomic mass is 10.00. The Bertz CT molecular complexity index is 338. The molecule has 1 aliphatic heterocycles. The molecule has 1 N–H and O–H groups in total. The summed E-state index contributed by atoms with van der Waals surface area (Å²) in [5, 5.41) is 12.3. The van der Waals surface area contributed by atoms with E-state index in [4.69, 9.17) is 10.00 Å². The van der Waals surface area contributed by atoms with Gasteiger partial charge in [0.1, 0.15) is 6.04 Å². The van der Waals surface area contributed by atoms with E-state index in [9.17, 15) is 0 Å². The van der Waals surface area contributed by atoms with Gasteiger partial charge in [-0.2, -0.15) is 5.26 Å². The molecule has 78 valence electrons. The Morgan fingerprint density at radius 1 is 1.40 bits per heavy atom. The van der Waals surface area contributed by atoms with Crippen LogP contribution in [-0.4, -0.2) is 19.3 Å². The zero-order chi connectivity index (χ0) is 10.5. The maximum atomic E-state index is 9.08. The van der Waals surface area contributed by atoms with E-state index in [0.717, 1.165) is 18.7 Å². The summed E-state index contributed by atoms with van der Waals surface area (Å²) in [4.78, 5) is 0. The van der Waals surface area contributed by atoms with Crippen molar-refractivity contribution in [2.24, 2.45) is 5.92 Å². The van der Waals surface area contributed by atoms with Crippen molar-refractivity contribution in [1.82, 2.24) is 0 Å². The molecule has 0 spiro atoms. The fraction of sp³-hybridized carbons (Fsp3) is 0.417. The summed E-state index contributed by atoms with van der Waals surface area (Å²) < 4.78 is 5.29. The van der Waals surface area contributed by atoms with Gasteiger partial charge in [0.25, 0.3) is 0 Å². The van der Waals surface area contributed by atoms with Crippen molar-refractivity contribution >= 4 is 5.69 Å². The lowest BCUT2D eigenvalue weighted by Gasteiger charge is -2.17. The summed E-state index contributed by atoms with van der Waals surface area (Å²) in [5.41, 5.74) is 0.996. The minimum absolute atomic E-state index is 0.144. The Hall–Kier alpha value is -1.53. The summed E-state index contributed by atoms with van der Waals surface area (Å²) in [6.45, 7) is 1.47. The van der Waals surface area contributed by atoms with Gasteiger partial charge in [0.2, 0.25) is 0 Å². The van der Waals surface area contributed by atoms with Gasteiger partial charge in [-0.1, -0.05) is 18.2 Å². The van der Waals surface area contributed by atoms with Crippen molar-refractivity contribution in [1.29, 1.82) is 5.26 Å².